The normalized spacial score (nSPS) is 10.3. The first-order chi connectivity index (χ1) is 8.81. The van der Waals surface area contributed by atoms with Gasteiger partial charge in [0.25, 0.3) is 0 Å². The van der Waals surface area contributed by atoms with E-state index in [4.69, 9.17) is 0 Å². The first-order valence-corrected chi connectivity index (χ1v) is 7.19. The van der Waals surface area contributed by atoms with Gasteiger partial charge < -0.3 is 4.74 Å². The van der Waals surface area contributed by atoms with Gasteiger partial charge >= 0.3 is 5.97 Å². The van der Waals surface area contributed by atoms with Crippen molar-refractivity contribution >= 4 is 5.97 Å². The minimum Gasteiger partial charge on any atom is -0.435 e. The van der Waals surface area contributed by atoms with E-state index in [-0.39, 0.29) is 12.6 Å². The van der Waals surface area contributed by atoms with E-state index < -0.39 is 0 Å². The van der Waals surface area contributed by atoms with Crippen LogP contribution < -0.4 is 0 Å². The monoisotopic (exact) mass is 255 g/mol. The molecule has 0 aromatic rings. The van der Waals surface area contributed by atoms with Crippen LogP contribution in [0.3, 0.4) is 0 Å². The molecule has 0 spiro atoms. The third-order valence-corrected chi connectivity index (χ3v) is 2.99. The number of rotatable bonds is 13. The van der Waals surface area contributed by atoms with Crippen LogP contribution in [-0.2, 0) is 14.6 Å². The third kappa shape index (κ3) is 13.2. The zero-order valence-electron chi connectivity index (χ0n) is 11.5. The van der Waals surface area contributed by atoms with Crippen molar-refractivity contribution < 1.29 is 14.6 Å². The van der Waals surface area contributed by atoms with Gasteiger partial charge in [0.2, 0.25) is 0 Å². The van der Waals surface area contributed by atoms with Crippen LogP contribution in [0.5, 0.6) is 0 Å². The zero-order chi connectivity index (χ0) is 13.5. The molecule has 0 N–H and O–H groups in total. The molecule has 0 atom stereocenters. The lowest BCUT2D eigenvalue weighted by Crippen LogP contribution is -1.98. The van der Waals surface area contributed by atoms with Gasteiger partial charge in [0.15, 0.2) is 0 Å². The molecule has 0 rings (SSSR count). The zero-order valence-corrected chi connectivity index (χ0v) is 11.5. The lowest BCUT2D eigenvalue weighted by atomic mass is 10.1. The molecule has 18 heavy (non-hydrogen) atoms. The van der Waals surface area contributed by atoms with Crippen LogP contribution in [0, 0.1) is 0 Å². The number of esters is 1. The first-order valence-electron chi connectivity index (χ1n) is 7.19. The minimum atomic E-state index is -0.177. The van der Waals surface area contributed by atoms with E-state index >= 15 is 0 Å². The summed E-state index contributed by atoms with van der Waals surface area (Å²) in [7, 11) is 0. The second kappa shape index (κ2) is 14.2. The second-order valence-electron chi connectivity index (χ2n) is 4.65. The van der Waals surface area contributed by atoms with E-state index in [1.54, 1.807) is 0 Å². The van der Waals surface area contributed by atoms with Crippen molar-refractivity contribution in [3.05, 3.63) is 12.8 Å². The Morgan fingerprint density at radius 1 is 0.833 bits per heavy atom. The quantitative estimate of drug-likeness (QED) is 0.278. The maximum atomic E-state index is 11.0. The van der Waals surface area contributed by atoms with Gasteiger partial charge in [0.1, 0.15) is 0 Å². The van der Waals surface area contributed by atoms with Gasteiger partial charge in [-0.1, -0.05) is 57.9 Å². The highest BCUT2D eigenvalue weighted by Crippen LogP contribution is 2.11. The topological polar surface area (TPSA) is 46.2 Å². The van der Waals surface area contributed by atoms with Crippen LogP contribution >= 0.6 is 0 Å². The summed E-state index contributed by atoms with van der Waals surface area (Å²) < 4.78 is 4.64. The van der Waals surface area contributed by atoms with E-state index in [0.29, 0.717) is 6.42 Å². The molecular weight excluding hydrogens is 228 g/mol. The summed E-state index contributed by atoms with van der Waals surface area (Å²) in [5, 5.41) is 10.2. The van der Waals surface area contributed by atoms with E-state index in [9.17, 15) is 9.90 Å². The van der Waals surface area contributed by atoms with E-state index in [2.05, 4.69) is 11.3 Å². The maximum absolute atomic E-state index is 11.0. The molecule has 0 aromatic carbocycles. The van der Waals surface area contributed by atoms with E-state index in [1.807, 2.05) is 0 Å². The molecule has 0 amide bonds. The van der Waals surface area contributed by atoms with Crippen LogP contribution in [0.15, 0.2) is 12.8 Å². The summed E-state index contributed by atoms with van der Waals surface area (Å²) in [6.45, 7) is 3.42. The van der Waals surface area contributed by atoms with Crippen molar-refractivity contribution in [1.29, 1.82) is 0 Å². The Morgan fingerprint density at radius 2 is 1.28 bits per heavy atom. The Bertz CT molecular complexity index is 202. The molecule has 0 aliphatic heterocycles. The van der Waals surface area contributed by atoms with Gasteiger partial charge in [-0.2, -0.15) is 0 Å². The predicted molar refractivity (Wildman–Crippen MR) is 72.6 cm³/mol. The molecule has 0 saturated carbocycles. The second-order valence-corrected chi connectivity index (χ2v) is 4.65. The molecule has 0 aliphatic carbocycles. The summed E-state index contributed by atoms with van der Waals surface area (Å²) in [6.07, 6.45) is 13.1. The highest BCUT2D eigenvalue weighted by atomic mass is 16.5. The molecular formula is C15H27O3. The molecule has 0 fully saturated rings. The largest absolute Gasteiger partial charge is 0.435 e. The fourth-order valence-electron chi connectivity index (χ4n) is 1.94. The minimum absolute atomic E-state index is 0.0777. The SMILES string of the molecule is C=COC(=O)CCCCCCCCCCCC[O]. The van der Waals surface area contributed by atoms with Crippen molar-refractivity contribution in [2.45, 2.75) is 70.6 Å². The summed E-state index contributed by atoms with van der Waals surface area (Å²) in [4.78, 5) is 11.0. The van der Waals surface area contributed by atoms with Crippen molar-refractivity contribution in [1.82, 2.24) is 0 Å². The van der Waals surface area contributed by atoms with Crippen molar-refractivity contribution in [3.63, 3.8) is 0 Å². The average Bonchev–Trinajstić information content (AvgIpc) is 2.36. The molecule has 105 valence electrons. The third-order valence-electron chi connectivity index (χ3n) is 2.99. The lowest BCUT2D eigenvalue weighted by Gasteiger charge is -2.02. The fraction of sp³-hybridized carbons (Fsp3) is 0.800. The van der Waals surface area contributed by atoms with Gasteiger partial charge in [-0.3, -0.25) is 4.79 Å². The molecule has 3 nitrogen and oxygen atoms in total. The summed E-state index contributed by atoms with van der Waals surface area (Å²) in [6, 6.07) is 0. The summed E-state index contributed by atoms with van der Waals surface area (Å²) in [5.41, 5.74) is 0. The first kappa shape index (κ1) is 17.2. The Hall–Kier alpha value is -0.830. The molecule has 0 bridgehead atoms. The molecule has 3 heteroatoms. The number of unbranched alkanes of at least 4 members (excludes halogenated alkanes) is 9. The van der Waals surface area contributed by atoms with Crippen LogP contribution in [0.25, 0.3) is 0 Å². The summed E-state index contributed by atoms with van der Waals surface area (Å²) in [5.74, 6) is -0.177. The standard InChI is InChI=1S/C15H27O3/c1-2-18-15(17)13-11-9-7-5-3-4-6-8-10-12-14-16/h2H,1,3-14H2. The number of carbonyl (C=O) groups excluding carboxylic acids is 1. The Labute approximate surface area is 111 Å². The Morgan fingerprint density at radius 3 is 1.72 bits per heavy atom. The van der Waals surface area contributed by atoms with Gasteiger partial charge in [0, 0.05) is 6.42 Å². The van der Waals surface area contributed by atoms with Crippen LogP contribution in [0.1, 0.15) is 70.6 Å². The molecule has 0 aliphatic rings. The maximum Gasteiger partial charge on any atom is 0.310 e. The smallest absolute Gasteiger partial charge is 0.310 e. The Balaban J connectivity index is 3.03. The molecule has 1 radical (unpaired) electrons. The average molecular weight is 255 g/mol. The van der Waals surface area contributed by atoms with Crippen LogP contribution in [0.2, 0.25) is 0 Å². The Kier molecular flexibility index (Phi) is 13.6. The van der Waals surface area contributed by atoms with E-state index in [1.165, 1.54) is 44.8 Å². The number of hydrogen-bond acceptors (Lipinski definition) is 2. The highest BCUT2D eigenvalue weighted by molar-refractivity contribution is 5.69. The van der Waals surface area contributed by atoms with Gasteiger partial charge in [0.05, 0.1) is 12.9 Å². The molecule has 0 saturated heterocycles. The fourth-order valence-corrected chi connectivity index (χ4v) is 1.94. The predicted octanol–water partition coefficient (Wildman–Crippen LogP) is 4.39. The van der Waals surface area contributed by atoms with E-state index in [0.717, 1.165) is 25.7 Å². The molecule has 0 aromatic heterocycles. The van der Waals surface area contributed by atoms with Crippen molar-refractivity contribution in [2.24, 2.45) is 0 Å². The van der Waals surface area contributed by atoms with Gasteiger partial charge in [-0.05, 0) is 12.8 Å². The van der Waals surface area contributed by atoms with Gasteiger partial charge in [-0.25, -0.2) is 5.11 Å². The number of carbonyl (C=O) groups is 1. The van der Waals surface area contributed by atoms with Gasteiger partial charge in [-0.15, -0.1) is 0 Å². The number of ether oxygens (including phenoxy) is 1. The van der Waals surface area contributed by atoms with Crippen LogP contribution in [0.4, 0.5) is 0 Å². The molecule has 0 unspecified atom stereocenters. The van der Waals surface area contributed by atoms with Crippen LogP contribution in [-0.4, -0.2) is 12.6 Å². The lowest BCUT2D eigenvalue weighted by molar-refractivity contribution is -0.138. The van der Waals surface area contributed by atoms with Crippen molar-refractivity contribution in [3.8, 4) is 0 Å². The van der Waals surface area contributed by atoms with Crippen molar-refractivity contribution in [2.75, 3.05) is 6.61 Å². The summed E-state index contributed by atoms with van der Waals surface area (Å²) >= 11 is 0. The highest BCUT2D eigenvalue weighted by Gasteiger charge is 1.99. The number of hydrogen-bond donors (Lipinski definition) is 0. The molecule has 0 heterocycles.